The molecule has 4 nitrogen and oxygen atoms in total. The molecule has 0 radical (unpaired) electrons. The molecule has 3 N–H and O–H groups in total. The van der Waals surface area contributed by atoms with E-state index >= 15 is 0 Å². The zero-order chi connectivity index (χ0) is 12.8. The van der Waals surface area contributed by atoms with Gasteiger partial charge in [0.15, 0.2) is 5.84 Å². The normalized spacial score (nSPS) is 17.7. The first kappa shape index (κ1) is 13.4. The number of oxime groups is 1. The van der Waals surface area contributed by atoms with Crippen molar-refractivity contribution in [3.63, 3.8) is 0 Å². The van der Waals surface area contributed by atoms with Crippen molar-refractivity contribution in [1.82, 2.24) is 4.90 Å². The number of hydrogen-bond donors (Lipinski definition) is 2. The predicted octanol–water partition coefficient (Wildman–Crippen LogP) is 2.28. The standard InChI is InChI=1S/C13H21N3OS/c14-13(15-17)9-16(12-3-1-2-4-12)7-5-11-6-8-18-10-11/h6,8,10,12,17H,1-5,7,9H2,(H2,14,15). The molecule has 0 bridgehead atoms. The van der Waals surface area contributed by atoms with E-state index in [2.05, 4.69) is 26.9 Å². The van der Waals surface area contributed by atoms with Crippen LogP contribution in [0.25, 0.3) is 0 Å². The van der Waals surface area contributed by atoms with E-state index in [0.29, 0.717) is 18.4 Å². The first-order chi connectivity index (χ1) is 8.79. The highest BCUT2D eigenvalue weighted by atomic mass is 32.1. The smallest absolute Gasteiger partial charge is 0.153 e. The summed E-state index contributed by atoms with van der Waals surface area (Å²) >= 11 is 1.73. The molecule has 0 aromatic carbocycles. The number of hydrogen-bond acceptors (Lipinski definition) is 4. The molecule has 0 spiro atoms. The Kier molecular flexibility index (Phi) is 5.01. The van der Waals surface area contributed by atoms with Crippen molar-refractivity contribution in [1.29, 1.82) is 0 Å². The molecule has 1 aromatic heterocycles. The molecule has 0 aliphatic heterocycles. The van der Waals surface area contributed by atoms with Gasteiger partial charge in [0.1, 0.15) is 0 Å². The summed E-state index contributed by atoms with van der Waals surface area (Å²) in [5, 5.41) is 16.1. The van der Waals surface area contributed by atoms with Crippen LogP contribution < -0.4 is 5.73 Å². The van der Waals surface area contributed by atoms with E-state index in [-0.39, 0.29) is 0 Å². The lowest BCUT2D eigenvalue weighted by Gasteiger charge is -2.28. The molecular weight excluding hydrogens is 246 g/mol. The predicted molar refractivity (Wildman–Crippen MR) is 75.3 cm³/mol. The average molecular weight is 267 g/mol. The van der Waals surface area contributed by atoms with Crippen molar-refractivity contribution in [2.45, 2.75) is 38.1 Å². The zero-order valence-electron chi connectivity index (χ0n) is 10.6. The van der Waals surface area contributed by atoms with Crippen molar-refractivity contribution in [3.8, 4) is 0 Å². The maximum atomic E-state index is 8.72. The van der Waals surface area contributed by atoms with E-state index in [9.17, 15) is 0 Å². The number of nitrogens with zero attached hydrogens (tertiary/aromatic N) is 2. The van der Waals surface area contributed by atoms with Crippen molar-refractivity contribution in [2.75, 3.05) is 13.1 Å². The summed E-state index contributed by atoms with van der Waals surface area (Å²) in [7, 11) is 0. The first-order valence-corrected chi connectivity index (χ1v) is 7.45. The highest BCUT2D eigenvalue weighted by Crippen LogP contribution is 2.23. The Balaban J connectivity index is 1.90. The second-order valence-electron chi connectivity index (χ2n) is 4.88. The number of amidine groups is 1. The Morgan fingerprint density at radius 2 is 2.28 bits per heavy atom. The average Bonchev–Trinajstić information content (AvgIpc) is 3.06. The van der Waals surface area contributed by atoms with Gasteiger partial charge in [-0.2, -0.15) is 11.3 Å². The Bertz CT molecular complexity index is 372. The van der Waals surface area contributed by atoms with E-state index in [4.69, 9.17) is 10.9 Å². The summed E-state index contributed by atoms with van der Waals surface area (Å²) in [5.74, 6) is 0.312. The second kappa shape index (κ2) is 6.75. The molecule has 1 aliphatic carbocycles. The quantitative estimate of drug-likeness (QED) is 0.360. The Hall–Kier alpha value is -1.07. The fourth-order valence-corrected chi connectivity index (χ4v) is 3.31. The van der Waals surface area contributed by atoms with Gasteiger partial charge in [-0.1, -0.05) is 18.0 Å². The lowest BCUT2D eigenvalue weighted by Crippen LogP contribution is -2.41. The molecule has 0 unspecified atom stereocenters. The van der Waals surface area contributed by atoms with Gasteiger partial charge in [0.2, 0.25) is 0 Å². The molecule has 0 atom stereocenters. The number of thiophene rings is 1. The van der Waals surface area contributed by atoms with Crippen LogP contribution in [0.3, 0.4) is 0 Å². The summed E-state index contributed by atoms with van der Waals surface area (Å²) in [6.07, 6.45) is 6.12. The fraction of sp³-hybridized carbons (Fsp3) is 0.615. The Morgan fingerprint density at radius 3 is 2.89 bits per heavy atom. The van der Waals surface area contributed by atoms with Gasteiger partial charge in [-0.05, 0) is 41.7 Å². The van der Waals surface area contributed by atoms with E-state index in [0.717, 1.165) is 13.0 Å². The fourth-order valence-electron chi connectivity index (χ4n) is 2.61. The van der Waals surface area contributed by atoms with Crippen molar-refractivity contribution in [3.05, 3.63) is 22.4 Å². The van der Waals surface area contributed by atoms with E-state index in [1.54, 1.807) is 11.3 Å². The molecule has 5 heteroatoms. The van der Waals surface area contributed by atoms with Gasteiger partial charge in [0.25, 0.3) is 0 Å². The van der Waals surface area contributed by atoms with Gasteiger partial charge >= 0.3 is 0 Å². The highest BCUT2D eigenvalue weighted by molar-refractivity contribution is 7.07. The molecule has 1 heterocycles. The Morgan fingerprint density at radius 1 is 1.50 bits per heavy atom. The van der Waals surface area contributed by atoms with Crippen LogP contribution in [0.5, 0.6) is 0 Å². The molecule has 2 rings (SSSR count). The van der Waals surface area contributed by atoms with Crippen LogP contribution in [0.1, 0.15) is 31.2 Å². The highest BCUT2D eigenvalue weighted by Gasteiger charge is 2.23. The lowest BCUT2D eigenvalue weighted by atomic mass is 10.1. The minimum atomic E-state index is 0.312. The molecule has 100 valence electrons. The third-order valence-electron chi connectivity index (χ3n) is 3.60. The van der Waals surface area contributed by atoms with Gasteiger partial charge in [-0.25, -0.2) is 0 Å². The summed E-state index contributed by atoms with van der Waals surface area (Å²) in [6, 6.07) is 2.77. The first-order valence-electron chi connectivity index (χ1n) is 6.51. The summed E-state index contributed by atoms with van der Waals surface area (Å²) in [6.45, 7) is 1.56. The molecule has 0 saturated heterocycles. The van der Waals surface area contributed by atoms with Crippen molar-refractivity contribution in [2.24, 2.45) is 10.9 Å². The Labute approximate surface area is 112 Å². The second-order valence-corrected chi connectivity index (χ2v) is 5.66. The molecule has 1 aliphatic rings. The van der Waals surface area contributed by atoms with E-state index < -0.39 is 0 Å². The van der Waals surface area contributed by atoms with Crippen LogP contribution in [0.2, 0.25) is 0 Å². The molecule has 1 saturated carbocycles. The van der Waals surface area contributed by atoms with Crippen LogP contribution in [0.15, 0.2) is 22.0 Å². The molecular formula is C13H21N3OS. The monoisotopic (exact) mass is 267 g/mol. The lowest BCUT2D eigenvalue weighted by molar-refractivity contribution is 0.225. The van der Waals surface area contributed by atoms with Crippen LogP contribution in [-0.4, -0.2) is 35.1 Å². The van der Waals surface area contributed by atoms with Gasteiger partial charge in [0, 0.05) is 12.6 Å². The maximum absolute atomic E-state index is 8.72. The zero-order valence-corrected chi connectivity index (χ0v) is 11.4. The van der Waals surface area contributed by atoms with Gasteiger partial charge < -0.3 is 10.9 Å². The largest absolute Gasteiger partial charge is 0.409 e. The van der Waals surface area contributed by atoms with Gasteiger partial charge in [0.05, 0.1) is 6.54 Å². The van der Waals surface area contributed by atoms with Gasteiger partial charge in [-0.3, -0.25) is 4.90 Å². The number of nitrogens with two attached hydrogens (primary N) is 1. The van der Waals surface area contributed by atoms with Crippen molar-refractivity contribution < 1.29 is 5.21 Å². The number of rotatable bonds is 6. The SMILES string of the molecule is NC(CN(CCc1ccsc1)C1CCCC1)=NO. The van der Waals surface area contributed by atoms with E-state index in [1.807, 2.05) is 0 Å². The summed E-state index contributed by atoms with van der Waals surface area (Å²) in [5.41, 5.74) is 7.03. The maximum Gasteiger partial charge on any atom is 0.153 e. The molecule has 0 amide bonds. The third-order valence-corrected chi connectivity index (χ3v) is 4.33. The minimum Gasteiger partial charge on any atom is -0.409 e. The van der Waals surface area contributed by atoms with E-state index in [1.165, 1.54) is 31.2 Å². The van der Waals surface area contributed by atoms with Crippen LogP contribution >= 0.6 is 11.3 Å². The molecule has 18 heavy (non-hydrogen) atoms. The third kappa shape index (κ3) is 3.71. The molecule has 1 fully saturated rings. The van der Waals surface area contributed by atoms with Crippen LogP contribution in [0.4, 0.5) is 0 Å². The van der Waals surface area contributed by atoms with Crippen LogP contribution in [-0.2, 0) is 6.42 Å². The van der Waals surface area contributed by atoms with Gasteiger partial charge in [-0.15, -0.1) is 0 Å². The van der Waals surface area contributed by atoms with Crippen LogP contribution in [0, 0.1) is 0 Å². The summed E-state index contributed by atoms with van der Waals surface area (Å²) in [4.78, 5) is 2.36. The minimum absolute atomic E-state index is 0.312. The topological polar surface area (TPSA) is 61.8 Å². The molecule has 1 aromatic rings. The summed E-state index contributed by atoms with van der Waals surface area (Å²) < 4.78 is 0. The van der Waals surface area contributed by atoms with Crippen molar-refractivity contribution >= 4 is 17.2 Å².